The average molecular weight is 431 g/mol. The van der Waals surface area contributed by atoms with Crippen LogP contribution in [0, 0.1) is 6.92 Å². The van der Waals surface area contributed by atoms with Crippen molar-refractivity contribution in [1.82, 2.24) is 5.43 Å². The Kier molecular flexibility index (Phi) is 7.97. The molecule has 0 radical (unpaired) electrons. The van der Waals surface area contributed by atoms with Crippen LogP contribution in [0.2, 0.25) is 0 Å². The minimum absolute atomic E-state index is 0.158. The van der Waals surface area contributed by atoms with Crippen LogP contribution in [-0.4, -0.2) is 31.2 Å². The molecular weight excluding hydrogens is 406 g/mol. The van der Waals surface area contributed by atoms with Crippen LogP contribution in [0.15, 0.2) is 77.9 Å². The lowest BCUT2D eigenvalue weighted by Crippen LogP contribution is -2.20. The Bertz CT molecular complexity index is 1080. The van der Waals surface area contributed by atoms with Crippen molar-refractivity contribution in [2.24, 2.45) is 5.10 Å². The van der Waals surface area contributed by atoms with E-state index in [2.05, 4.69) is 15.8 Å². The monoisotopic (exact) mass is 431 g/mol. The average Bonchev–Trinajstić information content (AvgIpc) is 2.80. The number of hydrazone groups is 1. The molecule has 3 aromatic carbocycles. The van der Waals surface area contributed by atoms with Gasteiger partial charge in [0.15, 0.2) is 18.1 Å². The molecule has 0 aliphatic carbocycles. The molecule has 2 N–H and O–H groups in total. The SMILES string of the molecule is CCOc1cc(/C=N/NC(=O)c2ccc(C)cc2)ccc1OCC(=O)Nc1ccccc1. The van der Waals surface area contributed by atoms with Crippen LogP contribution in [0.3, 0.4) is 0 Å². The normalized spacial score (nSPS) is 10.6. The molecule has 0 saturated heterocycles. The van der Waals surface area contributed by atoms with Gasteiger partial charge in [0.2, 0.25) is 0 Å². The van der Waals surface area contributed by atoms with Gasteiger partial charge >= 0.3 is 0 Å². The molecule has 0 aliphatic heterocycles. The van der Waals surface area contributed by atoms with Gasteiger partial charge < -0.3 is 14.8 Å². The van der Waals surface area contributed by atoms with Gasteiger partial charge in [-0.2, -0.15) is 5.10 Å². The number of hydrogen-bond acceptors (Lipinski definition) is 5. The molecule has 0 atom stereocenters. The largest absolute Gasteiger partial charge is 0.490 e. The summed E-state index contributed by atoms with van der Waals surface area (Å²) in [6.07, 6.45) is 1.51. The van der Waals surface area contributed by atoms with Crippen molar-refractivity contribution in [2.45, 2.75) is 13.8 Å². The molecule has 3 aromatic rings. The Labute approximate surface area is 187 Å². The third-order valence-electron chi connectivity index (χ3n) is 4.38. The van der Waals surface area contributed by atoms with Crippen molar-refractivity contribution in [3.8, 4) is 11.5 Å². The fourth-order valence-corrected chi connectivity index (χ4v) is 2.79. The van der Waals surface area contributed by atoms with E-state index in [1.54, 1.807) is 42.5 Å². The maximum absolute atomic E-state index is 12.1. The molecule has 0 fully saturated rings. The number of benzene rings is 3. The van der Waals surface area contributed by atoms with Gasteiger partial charge in [0, 0.05) is 11.3 Å². The first kappa shape index (κ1) is 22.6. The highest BCUT2D eigenvalue weighted by atomic mass is 16.5. The Balaban J connectivity index is 1.59. The van der Waals surface area contributed by atoms with E-state index < -0.39 is 0 Å². The van der Waals surface area contributed by atoms with E-state index in [9.17, 15) is 9.59 Å². The highest BCUT2D eigenvalue weighted by molar-refractivity contribution is 5.95. The molecule has 0 aliphatic rings. The van der Waals surface area contributed by atoms with Crippen molar-refractivity contribution in [2.75, 3.05) is 18.5 Å². The lowest BCUT2D eigenvalue weighted by atomic mass is 10.1. The Morgan fingerprint density at radius 3 is 2.41 bits per heavy atom. The van der Waals surface area contributed by atoms with Crippen LogP contribution in [0.5, 0.6) is 11.5 Å². The van der Waals surface area contributed by atoms with Crippen LogP contribution in [0.1, 0.15) is 28.4 Å². The first-order valence-corrected chi connectivity index (χ1v) is 10.2. The van der Waals surface area contributed by atoms with E-state index in [1.807, 2.05) is 44.2 Å². The van der Waals surface area contributed by atoms with E-state index in [0.717, 1.165) is 5.56 Å². The van der Waals surface area contributed by atoms with Gasteiger partial charge in [-0.05, 0) is 61.9 Å². The van der Waals surface area contributed by atoms with Crippen molar-refractivity contribution < 1.29 is 19.1 Å². The summed E-state index contributed by atoms with van der Waals surface area (Å²) in [5.41, 5.74) is 5.51. The predicted molar refractivity (Wildman–Crippen MR) is 124 cm³/mol. The second-order valence-corrected chi connectivity index (χ2v) is 6.91. The Morgan fingerprint density at radius 2 is 1.69 bits per heavy atom. The molecule has 0 bridgehead atoms. The second kappa shape index (κ2) is 11.3. The zero-order chi connectivity index (χ0) is 22.8. The number of carbonyl (C=O) groups excluding carboxylic acids is 2. The molecule has 0 unspecified atom stereocenters. The summed E-state index contributed by atoms with van der Waals surface area (Å²) >= 11 is 0. The summed E-state index contributed by atoms with van der Waals surface area (Å²) in [6, 6.07) is 21.6. The third kappa shape index (κ3) is 6.70. The number of nitrogens with one attached hydrogen (secondary N) is 2. The lowest BCUT2D eigenvalue weighted by molar-refractivity contribution is -0.118. The maximum Gasteiger partial charge on any atom is 0.271 e. The van der Waals surface area contributed by atoms with Gasteiger partial charge in [-0.1, -0.05) is 35.9 Å². The summed E-state index contributed by atoms with van der Waals surface area (Å²) in [5, 5.41) is 6.77. The van der Waals surface area contributed by atoms with Crippen LogP contribution in [-0.2, 0) is 4.79 Å². The molecule has 7 nitrogen and oxygen atoms in total. The van der Waals surface area contributed by atoms with E-state index in [0.29, 0.717) is 34.9 Å². The van der Waals surface area contributed by atoms with Gasteiger partial charge in [-0.25, -0.2) is 5.43 Å². The number of anilines is 1. The van der Waals surface area contributed by atoms with Gasteiger partial charge in [0.25, 0.3) is 11.8 Å². The van der Waals surface area contributed by atoms with E-state index in [1.165, 1.54) is 6.21 Å². The van der Waals surface area contributed by atoms with Gasteiger partial charge in [-0.3, -0.25) is 9.59 Å². The minimum atomic E-state index is -0.296. The molecular formula is C25H25N3O4. The summed E-state index contributed by atoms with van der Waals surface area (Å²) < 4.78 is 11.3. The van der Waals surface area contributed by atoms with Crippen molar-refractivity contribution in [3.63, 3.8) is 0 Å². The van der Waals surface area contributed by atoms with Crippen molar-refractivity contribution >= 4 is 23.7 Å². The molecule has 32 heavy (non-hydrogen) atoms. The van der Waals surface area contributed by atoms with E-state index >= 15 is 0 Å². The highest BCUT2D eigenvalue weighted by Gasteiger charge is 2.09. The lowest BCUT2D eigenvalue weighted by Gasteiger charge is -2.12. The molecule has 0 saturated carbocycles. The fourth-order valence-electron chi connectivity index (χ4n) is 2.79. The Hall–Kier alpha value is -4.13. The summed E-state index contributed by atoms with van der Waals surface area (Å²) in [4.78, 5) is 24.3. The van der Waals surface area contributed by atoms with Crippen LogP contribution in [0.4, 0.5) is 5.69 Å². The number of rotatable bonds is 9. The smallest absolute Gasteiger partial charge is 0.271 e. The van der Waals surface area contributed by atoms with Crippen LogP contribution in [0.25, 0.3) is 0 Å². The van der Waals surface area contributed by atoms with Crippen LogP contribution < -0.4 is 20.2 Å². The van der Waals surface area contributed by atoms with Gasteiger partial charge in [-0.15, -0.1) is 0 Å². The number of carbonyl (C=O) groups is 2. The first-order chi connectivity index (χ1) is 15.5. The van der Waals surface area contributed by atoms with Crippen molar-refractivity contribution in [1.29, 1.82) is 0 Å². The summed E-state index contributed by atoms with van der Waals surface area (Å²) in [5.74, 6) is 0.350. The topological polar surface area (TPSA) is 89.0 Å². The van der Waals surface area contributed by atoms with E-state index in [-0.39, 0.29) is 18.4 Å². The third-order valence-corrected chi connectivity index (χ3v) is 4.38. The zero-order valence-corrected chi connectivity index (χ0v) is 18.0. The van der Waals surface area contributed by atoms with Crippen molar-refractivity contribution in [3.05, 3.63) is 89.5 Å². The molecule has 7 heteroatoms. The number of para-hydroxylation sites is 1. The maximum atomic E-state index is 12.1. The number of ether oxygens (including phenoxy) is 2. The number of nitrogens with zero attached hydrogens (tertiary/aromatic N) is 1. The number of hydrogen-bond donors (Lipinski definition) is 2. The summed E-state index contributed by atoms with van der Waals surface area (Å²) in [7, 11) is 0. The predicted octanol–water partition coefficient (Wildman–Crippen LogP) is 4.18. The standard InChI is InChI=1S/C25H25N3O4/c1-3-31-23-15-19(16-26-28-25(30)20-12-9-18(2)10-13-20)11-14-22(23)32-17-24(29)27-21-7-5-4-6-8-21/h4-16H,3,17H2,1-2H3,(H,27,29)(H,28,30)/b26-16+. The molecule has 0 aromatic heterocycles. The minimum Gasteiger partial charge on any atom is -0.490 e. The second-order valence-electron chi connectivity index (χ2n) is 6.91. The quantitative estimate of drug-likeness (QED) is 0.393. The molecule has 2 amide bonds. The number of aryl methyl sites for hydroxylation is 1. The molecule has 164 valence electrons. The van der Waals surface area contributed by atoms with Gasteiger partial charge in [0.05, 0.1) is 12.8 Å². The van der Waals surface area contributed by atoms with E-state index in [4.69, 9.17) is 9.47 Å². The fraction of sp³-hybridized carbons (Fsp3) is 0.160. The molecule has 3 rings (SSSR count). The van der Waals surface area contributed by atoms with Gasteiger partial charge in [0.1, 0.15) is 0 Å². The first-order valence-electron chi connectivity index (χ1n) is 10.2. The zero-order valence-electron chi connectivity index (χ0n) is 18.0. The summed E-state index contributed by atoms with van der Waals surface area (Å²) in [6.45, 7) is 4.08. The Morgan fingerprint density at radius 1 is 0.938 bits per heavy atom. The molecule has 0 heterocycles. The highest BCUT2D eigenvalue weighted by Crippen LogP contribution is 2.28. The number of amides is 2. The van der Waals surface area contributed by atoms with Crippen LogP contribution >= 0.6 is 0 Å². The molecule has 0 spiro atoms.